The van der Waals surface area contributed by atoms with E-state index in [0.717, 1.165) is 17.0 Å². The van der Waals surface area contributed by atoms with Gasteiger partial charge in [0.2, 0.25) is 0 Å². The van der Waals surface area contributed by atoms with E-state index in [1.807, 2.05) is 73.1 Å². The van der Waals surface area contributed by atoms with Crippen LogP contribution >= 0.6 is 0 Å². The normalized spacial score (nSPS) is 17.0. The highest BCUT2D eigenvalue weighted by Gasteiger charge is 2.38. The molecular formula is C21H20N3O2+. The lowest BCUT2D eigenvalue weighted by molar-refractivity contribution is -0.680. The van der Waals surface area contributed by atoms with Crippen molar-refractivity contribution in [2.75, 3.05) is 0 Å². The van der Waals surface area contributed by atoms with Gasteiger partial charge in [-0.05, 0) is 25.5 Å². The van der Waals surface area contributed by atoms with E-state index >= 15 is 0 Å². The van der Waals surface area contributed by atoms with Crippen molar-refractivity contribution in [3.8, 4) is 0 Å². The van der Waals surface area contributed by atoms with E-state index in [4.69, 9.17) is 0 Å². The summed E-state index contributed by atoms with van der Waals surface area (Å²) in [5, 5.41) is 0. The highest BCUT2D eigenvalue weighted by molar-refractivity contribution is 6.03. The van der Waals surface area contributed by atoms with Gasteiger partial charge in [-0.2, -0.15) is 4.57 Å². The molecule has 1 atom stereocenters. The number of hydrogen-bond acceptors (Lipinski definition) is 3. The molecule has 0 radical (unpaired) electrons. The summed E-state index contributed by atoms with van der Waals surface area (Å²) in [4.78, 5) is 30.5. The maximum absolute atomic E-state index is 13.0. The molecule has 0 saturated carbocycles. The number of nitrogens with zero attached hydrogens (tertiary/aromatic N) is 3. The van der Waals surface area contributed by atoms with Crippen LogP contribution in [0.4, 0.5) is 5.95 Å². The Bertz CT molecular complexity index is 1040. The van der Waals surface area contributed by atoms with Crippen LogP contribution in [0.2, 0.25) is 0 Å². The molecule has 2 heterocycles. The van der Waals surface area contributed by atoms with Gasteiger partial charge < -0.3 is 0 Å². The van der Waals surface area contributed by atoms with Crippen LogP contribution in [0.15, 0.2) is 64.4 Å². The standard InChI is InChI=1S/C21H20N3O2/c1-3-16-14(2)23(13-19(25)15-9-5-4-6-10-15)21-22-17-11-7-8-12-18(17)24(21)20(16)26/h4-12,18H,3,13H2,1-2H3/q+1. The monoisotopic (exact) mass is 346 g/mol. The largest absolute Gasteiger partial charge is 0.403 e. The molecule has 0 bridgehead atoms. The predicted octanol–water partition coefficient (Wildman–Crippen LogP) is 2.64. The summed E-state index contributed by atoms with van der Waals surface area (Å²) in [5.41, 5.74) is 3.01. The van der Waals surface area contributed by atoms with Crippen molar-refractivity contribution in [3.63, 3.8) is 0 Å². The first-order valence-electron chi connectivity index (χ1n) is 8.81. The van der Waals surface area contributed by atoms with Gasteiger partial charge in [-0.15, -0.1) is 0 Å². The van der Waals surface area contributed by atoms with Gasteiger partial charge in [0.15, 0.2) is 17.5 Å². The molecule has 1 unspecified atom stereocenters. The van der Waals surface area contributed by atoms with Crippen LogP contribution in [0, 0.1) is 6.92 Å². The Morgan fingerprint density at radius 3 is 2.73 bits per heavy atom. The molecular weight excluding hydrogens is 326 g/mol. The van der Waals surface area contributed by atoms with E-state index in [-0.39, 0.29) is 23.9 Å². The molecule has 1 aromatic heterocycles. The first-order valence-corrected chi connectivity index (χ1v) is 8.81. The summed E-state index contributed by atoms with van der Waals surface area (Å²) >= 11 is 0. The number of ketones is 1. The van der Waals surface area contributed by atoms with E-state index in [0.29, 0.717) is 17.9 Å². The Morgan fingerprint density at radius 2 is 2.00 bits per heavy atom. The van der Waals surface area contributed by atoms with E-state index in [9.17, 15) is 9.59 Å². The van der Waals surface area contributed by atoms with E-state index < -0.39 is 0 Å². The summed E-state index contributed by atoms with van der Waals surface area (Å²) in [5.74, 6) is 0.550. The molecule has 1 aliphatic carbocycles. The smallest absolute Gasteiger partial charge is 0.291 e. The third kappa shape index (κ3) is 2.47. The molecule has 1 aromatic carbocycles. The topological polar surface area (TPSA) is 55.3 Å². The zero-order valence-electron chi connectivity index (χ0n) is 14.8. The van der Waals surface area contributed by atoms with Gasteiger partial charge in [0.05, 0.1) is 11.3 Å². The van der Waals surface area contributed by atoms with Crippen LogP contribution < -0.4 is 10.1 Å². The van der Waals surface area contributed by atoms with E-state index in [2.05, 4.69) is 4.99 Å². The van der Waals surface area contributed by atoms with Crippen LogP contribution in [0.3, 0.4) is 0 Å². The summed E-state index contributed by atoms with van der Waals surface area (Å²) in [6.07, 6.45) is 8.35. The minimum absolute atomic E-state index is 0.00311. The van der Waals surface area contributed by atoms with Crippen molar-refractivity contribution in [1.82, 2.24) is 4.57 Å². The number of hydrogen-bond donors (Lipinski definition) is 0. The molecule has 4 rings (SSSR count). The van der Waals surface area contributed by atoms with Crippen molar-refractivity contribution in [1.29, 1.82) is 0 Å². The Morgan fingerprint density at radius 1 is 1.23 bits per heavy atom. The average molecular weight is 346 g/mol. The van der Waals surface area contributed by atoms with Crippen LogP contribution in [0.25, 0.3) is 0 Å². The zero-order valence-corrected chi connectivity index (χ0v) is 14.8. The van der Waals surface area contributed by atoms with Crippen LogP contribution in [-0.2, 0) is 13.0 Å². The number of allylic oxidation sites excluding steroid dienone is 4. The SMILES string of the molecule is CCc1c(C)[n+](CC(=O)c2ccccc2)c2n(c1=O)C1C=CC=CC1=N2. The molecule has 1 aliphatic heterocycles. The number of aromatic nitrogens is 2. The fourth-order valence-corrected chi connectivity index (χ4v) is 3.61. The van der Waals surface area contributed by atoms with Gasteiger partial charge in [-0.25, -0.2) is 4.57 Å². The fourth-order valence-electron chi connectivity index (χ4n) is 3.61. The fraction of sp³-hybridized carbons (Fsp3) is 0.238. The molecule has 26 heavy (non-hydrogen) atoms. The number of fused-ring (bicyclic) bond motifs is 3. The summed E-state index contributed by atoms with van der Waals surface area (Å²) in [6.45, 7) is 4.02. The van der Waals surface area contributed by atoms with Gasteiger partial charge in [-0.3, -0.25) is 9.59 Å². The van der Waals surface area contributed by atoms with Gasteiger partial charge in [0, 0.05) is 5.56 Å². The first kappa shape index (κ1) is 16.4. The highest BCUT2D eigenvalue weighted by atomic mass is 16.1. The van der Waals surface area contributed by atoms with Gasteiger partial charge in [0.1, 0.15) is 6.54 Å². The number of carbonyl (C=O) groups is 1. The van der Waals surface area contributed by atoms with Crippen LogP contribution in [-0.4, -0.2) is 16.1 Å². The lowest BCUT2D eigenvalue weighted by Gasteiger charge is -2.14. The Labute approximate surface area is 151 Å². The van der Waals surface area contributed by atoms with Crippen molar-refractivity contribution < 1.29 is 9.36 Å². The molecule has 0 saturated heterocycles. The number of benzene rings is 1. The number of Topliss-reactive ketones (excluding diaryl/α,β-unsaturated/α-hetero) is 1. The molecule has 2 aliphatic rings. The summed E-state index contributed by atoms with van der Waals surface area (Å²) < 4.78 is 3.59. The van der Waals surface area contributed by atoms with Gasteiger partial charge in [-0.1, -0.05) is 54.4 Å². The Kier molecular flexibility index (Phi) is 3.99. The lowest BCUT2D eigenvalue weighted by Crippen LogP contribution is -2.47. The third-order valence-electron chi connectivity index (χ3n) is 5.01. The van der Waals surface area contributed by atoms with Crippen molar-refractivity contribution in [3.05, 3.63) is 81.8 Å². The molecule has 2 aromatic rings. The second-order valence-electron chi connectivity index (χ2n) is 6.49. The van der Waals surface area contributed by atoms with Crippen molar-refractivity contribution >= 4 is 17.4 Å². The summed E-state index contributed by atoms with van der Waals surface area (Å²) in [6, 6.07) is 9.03. The number of carbonyl (C=O) groups excluding carboxylic acids is 1. The second-order valence-corrected chi connectivity index (χ2v) is 6.49. The maximum Gasteiger partial charge on any atom is 0.403 e. The van der Waals surface area contributed by atoms with Gasteiger partial charge in [0.25, 0.3) is 0 Å². The minimum atomic E-state index is -0.188. The maximum atomic E-state index is 13.0. The van der Waals surface area contributed by atoms with Crippen molar-refractivity contribution in [2.24, 2.45) is 4.99 Å². The number of rotatable bonds is 4. The molecule has 130 valence electrons. The summed E-state index contributed by atoms with van der Waals surface area (Å²) in [7, 11) is 0. The zero-order chi connectivity index (χ0) is 18.3. The lowest BCUT2D eigenvalue weighted by atomic mass is 10.1. The molecule has 5 heteroatoms. The minimum Gasteiger partial charge on any atom is -0.291 e. The Hall–Kier alpha value is -3.08. The average Bonchev–Trinajstić information content (AvgIpc) is 3.05. The molecule has 0 N–H and O–H groups in total. The Balaban J connectivity index is 1.88. The van der Waals surface area contributed by atoms with Crippen LogP contribution in [0.5, 0.6) is 0 Å². The first-order chi connectivity index (χ1) is 12.6. The third-order valence-corrected chi connectivity index (χ3v) is 5.01. The molecule has 5 nitrogen and oxygen atoms in total. The number of aliphatic imine (C=N–C) groups is 1. The molecule has 0 fully saturated rings. The van der Waals surface area contributed by atoms with E-state index in [1.165, 1.54) is 0 Å². The van der Waals surface area contributed by atoms with E-state index in [1.54, 1.807) is 4.57 Å². The highest BCUT2D eigenvalue weighted by Crippen LogP contribution is 2.27. The predicted molar refractivity (Wildman–Crippen MR) is 100 cm³/mol. The van der Waals surface area contributed by atoms with Crippen LogP contribution in [0.1, 0.15) is 34.6 Å². The molecule has 0 spiro atoms. The molecule has 0 amide bonds. The second kappa shape index (κ2) is 6.33. The quantitative estimate of drug-likeness (QED) is 0.631. The van der Waals surface area contributed by atoms with Gasteiger partial charge >= 0.3 is 11.5 Å². The van der Waals surface area contributed by atoms with Crippen molar-refractivity contribution in [2.45, 2.75) is 32.9 Å².